The number of benzene rings is 1. The normalized spacial score (nSPS) is 9.47. The van der Waals surface area contributed by atoms with E-state index < -0.39 is 5.91 Å². The predicted octanol–water partition coefficient (Wildman–Crippen LogP) is 1.33. The second-order valence-corrected chi connectivity index (χ2v) is 3.38. The lowest BCUT2D eigenvalue weighted by Crippen LogP contribution is -2.10. The van der Waals surface area contributed by atoms with Gasteiger partial charge in [-0.15, -0.1) is 6.42 Å². The minimum absolute atomic E-state index is 0.443. The number of aryl methyl sites for hydroxylation is 1. The summed E-state index contributed by atoms with van der Waals surface area (Å²) in [5.74, 6) is 1.56. The Morgan fingerprint density at radius 2 is 2.20 bits per heavy atom. The highest BCUT2D eigenvalue weighted by Crippen LogP contribution is 2.19. The SMILES string of the molecule is C#CC(=O)Nc1cc(C)c(C)c(CN)c1. The molecular formula is C12H14N2O. The van der Waals surface area contributed by atoms with Gasteiger partial charge in [0.05, 0.1) is 0 Å². The van der Waals surface area contributed by atoms with E-state index in [0.717, 1.165) is 16.7 Å². The Bertz CT molecular complexity index is 430. The molecule has 0 heterocycles. The fourth-order valence-electron chi connectivity index (χ4n) is 1.38. The van der Waals surface area contributed by atoms with E-state index in [9.17, 15) is 4.79 Å². The van der Waals surface area contributed by atoms with Crippen LogP contribution in [0.2, 0.25) is 0 Å². The van der Waals surface area contributed by atoms with Crippen molar-refractivity contribution < 1.29 is 4.79 Å². The highest BCUT2D eigenvalue weighted by Gasteiger charge is 2.04. The van der Waals surface area contributed by atoms with E-state index in [4.69, 9.17) is 12.2 Å². The highest BCUT2D eigenvalue weighted by atomic mass is 16.1. The van der Waals surface area contributed by atoms with Crippen LogP contribution in [0.25, 0.3) is 0 Å². The van der Waals surface area contributed by atoms with Gasteiger partial charge < -0.3 is 11.1 Å². The van der Waals surface area contributed by atoms with Crippen molar-refractivity contribution in [2.24, 2.45) is 5.73 Å². The van der Waals surface area contributed by atoms with E-state index in [2.05, 4.69) is 5.32 Å². The van der Waals surface area contributed by atoms with E-state index >= 15 is 0 Å². The van der Waals surface area contributed by atoms with Crippen LogP contribution in [-0.2, 0) is 11.3 Å². The Hall–Kier alpha value is -1.79. The van der Waals surface area contributed by atoms with Gasteiger partial charge in [-0.2, -0.15) is 0 Å². The van der Waals surface area contributed by atoms with Gasteiger partial charge in [-0.1, -0.05) is 0 Å². The topological polar surface area (TPSA) is 55.1 Å². The van der Waals surface area contributed by atoms with Gasteiger partial charge in [0.2, 0.25) is 0 Å². The number of nitrogens with one attached hydrogen (secondary N) is 1. The van der Waals surface area contributed by atoms with Gasteiger partial charge in [0.1, 0.15) is 0 Å². The lowest BCUT2D eigenvalue weighted by Gasteiger charge is -2.10. The quantitative estimate of drug-likeness (QED) is 0.711. The predicted molar refractivity (Wildman–Crippen MR) is 61.3 cm³/mol. The van der Waals surface area contributed by atoms with E-state index in [1.165, 1.54) is 0 Å². The Morgan fingerprint density at radius 1 is 1.53 bits per heavy atom. The first kappa shape index (κ1) is 11.3. The van der Waals surface area contributed by atoms with Crippen molar-refractivity contribution in [3.05, 3.63) is 28.8 Å². The molecule has 0 aliphatic heterocycles. The van der Waals surface area contributed by atoms with Crippen LogP contribution in [0.1, 0.15) is 16.7 Å². The molecule has 0 fully saturated rings. The van der Waals surface area contributed by atoms with Crippen molar-refractivity contribution in [3.8, 4) is 12.3 Å². The monoisotopic (exact) mass is 202 g/mol. The third-order valence-corrected chi connectivity index (χ3v) is 2.38. The molecule has 0 bridgehead atoms. The molecule has 1 aromatic rings. The van der Waals surface area contributed by atoms with Gasteiger partial charge in [0.25, 0.3) is 5.91 Å². The van der Waals surface area contributed by atoms with E-state index in [-0.39, 0.29) is 0 Å². The molecule has 1 aromatic carbocycles. The van der Waals surface area contributed by atoms with Gasteiger partial charge in [-0.05, 0) is 48.6 Å². The molecule has 0 saturated carbocycles. The standard InChI is InChI=1S/C12H14N2O/c1-4-12(15)14-11-5-8(2)9(3)10(6-11)7-13/h1,5-6H,7,13H2,2-3H3,(H,14,15). The molecule has 1 amide bonds. The number of carbonyl (C=O) groups is 1. The molecule has 0 aromatic heterocycles. The number of amides is 1. The van der Waals surface area contributed by atoms with Crippen LogP contribution in [-0.4, -0.2) is 5.91 Å². The molecule has 78 valence electrons. The molecule has 0 spiro atoms. The molecule has 3 nitrogen and oxygen atoms in total. The van der Waals surface area contributed by atoms with Gasteiger partial charge in [0.15, 0.2) is 0 Å². The first-order valence-electron chi connectivity index (χ1n) is 4.66. The average Bonchev–Trinajstić information content (AvgIpc) is 2.22. The van der Waals surface area contributed by atoms with Crippen LogP contribution < -0.4 is 11.1 Å². The number of hydrogen-bond donors (Lipinski definition) is 2. The third kappa shape index (κ3) is 2.58. The molecule has 0 radical (unpaired) electrons. The largest absolute Gasteiger partial charge is 0.326 e. The first-order valence-corrected chi connectivity index (χ1v) is 4.66. The summed E-state index contributed by atoms with van der Waals surface area (Å²) in [4.78, 5) is 11.0. The number of rotatable bonds is 2. The Morgan fingerprint density at radius 3 is 2.73 bits per heavy atom. The molecular weight excluding hydrogens is 188 g/mol. The van der Waals surface area contributed by atoms with Crippen molar-refractivity contribution in [2.45, 2.75) is 20.4 Å². The zero-order chi connectivity index (χ0) is 11.4. The fraction of sp³-hybridized carbons (Fsp3) is 0.250. The molecule has 0 atom stereocenters. The van der Waals surface area contributed by atoms with E-state index in [0.29, 0.717) is 12.2 Å². The molecule has 0 saturated heterocycles. The van der Waals surface area contributed by atoms with Crippen molar-refractivity contribution in [2.75, 3.05) is 5.32 Å². The summed E-state index contributed by atoms with van der Waals surface area (Å²) >= 11 is 0. The summed E-state index contributed by atoms with van der Waals surface area (Å²) in [5, 5.41) is 2.60. The van der Waals surface area contributed by atoms with Crippen molar-refractivity contribution in [1.29, 1.82) is 0 Å². The van der Waals surface area contributed by atoms with Crippen LogP contribution >= 0.6 is 0 Å². The second-order valence-electron chi connectivity index (χ2n) is 3.38. The zero-order valence-corrected chi connectivity index (χ0v) is 8.92. The molecule has 3 heteroatoms. The summed E-state index contributed by atoms with van der Waals surface area (Å²) in [7, 11) is 0. The smallest absolute Gasteiger partial charge is 0.300 e. The van der Waals surface area contributed by atoms with Gasteiger partial charge in [-0.3, -0.25) is 4.79 Å². The highest BCUT2D eigenvalue weighted by molar-refractivity contribution is 6.03. The van der Waals surface area contributed by atoms with E-state index in [1.807, 2.05) is 31.9 Å². The van der Waals surface area contributed by atoms with Crippen molar-refractivity contribution in [1.82, 2.24) is 0 Å². The minimum atomic E-state index is -0.443. The summed E-state index contributed by atoms with van der Waals surface area (Å²) in [6, 6.07) is 3.72. The van der Waals surface area contributed by atoms with Crippen LogP contribution in [0.5, 0.6) is 0 Å². The summed E-state index contributed by atoms with van der Waals surface area (Å²) in [6.45, 7) is 4.43. The second kappa shape index (κ2) is 4.63. The molecule has 3 N–H and O–H groups in total. The molecule has 0 aliphatic carbocycles. The molecule has 0 aliphatic rings. The van der Waals surface area contributed by atoms with E-state index in [1.54, 1.807) is 0 Å². The van der Waals surface area contributed by atoms with Gasteiger partial charge >= 0.3 is 0 Å². The van der Waals surface area contributed by atoms with Gasteiger partial charge in [0, 0.05) is 12.2 Å². The summed E-state index contributed by atoms with van der Waals surface area (Å²) in [6.07, 6.45) is 4.97. The van der Waals surface area contributed by atoms with Crippen molar-refractivity contribution >= 4 is 11.6 Å². The maximum absolute atomic E-state index is 11.0. The molecule has 0 unspecified atom stereocenters. The summed E-state index contributed by atoms with van der Waals surface area (Å²) < 4.78 is 0. The number of carbonyl (C=O) groups excluding carboxylic acids is 1. The van der Waals surface area contributed by atoms with Gasteiger partial charge in [-0.25, -0.2) is 0 Å². The van der Waals surface area contributed by atoms with Crippen LogP contribution in [0.3, 0.4) is 0 Å². The number of anilines is 1. The maximum Gasteiger partial charge on any atom is 0.300 e. The number of nitrogens with two attached hydrogens (primary N) is 1. The third-order valence-electron chi connectivity index (χ3n) is 2.38. The van der Waals surface area contributed by atoms with Crippen molar-refractivity contribution in [3.63, 3.8) is 0 Å². The average molecular weight is 202 g/mol. The first-order chi connectivity index (χ1) is 7.08. The fourth-order valence-corrected chi connectivity index (χ4v) is 1.38. The van der Waals surface area contributed by atoms with Crippen LogP contribution in [0.15, 0.2) is 12.1 Å². The minimum Gasteiger partial charge on any atom is -0.326 e. The zero-order valence-electron chi connectivity index (χ0n) is 8.92. The van der Waals surface area contributed by atoms with Crippen LogP contribution in [0, 0.1) is 26.2 Å². The Balaban J connectivity index is 3.07. The number of terminal acetylenes is 1. The molecule has 1 rings (SSSR count). The van der Waals surface area contributed by atoms with Crippen LogP contribution in [0.4, 0.5) is 5.69 Å². The Kier molecular flexibility index (Phi) is 3.48. The lowest BCUT2D eigenvalue weighted by molar-refractivity contribution is -0.111. The molecule has 15 heavy (non-hydrogen) atoms. The maximum atomic E-state index is 11.0. The Labute approximate surface area is 89.7 Å². The summed E-state index contributed by atoms with van der Waals surface area (Å²) in [5.41, 5.74) is 9.55. The number of hydrogen-bond acceptors (Lipinski definition) is 2. The lowest BCUT2D eigenvalue weighted by atomic mass is 10.0.